The summed E-state index contributed by atoms with van der Waals surface area (Å²) in [5, 5.41) is 14.9. The summed E-state index contributed by atoms with van der Waals surface area (Å²) in [4.78, 5) is 39.4. The van der Waals surface area contributed by atoms with Gasteiger partial charge in [-0.3, -0.25) is 19.7 Å². The molecule has 3 aromatic carbocycles. The minimum Gasteiger partial charge on any atom is -0.490 e. The standard InChI is InChI=1S/C29H31Cl2N3O6/c1-4-19(2)32-29(36)26(15-20-9-6-5-7-10-20)33(17-22-23(30)11-8-12-24(22)31)28(35)18-40-21-13-14-25(34(37)38)27(16-21)39-3/h5-14,16,19,26H,4,15,17-18H2,1-3H3,(H,32,36)/t19-,26+/m1/s1. The minimum absolute atomic E-state index is 0.00969. The van der Waals surface area contributed by atoms with Gasteiger partial charge in [0.05, 0.1) is 12.0 Å². The largest absolute Gasteiger partial charge is 0.490 e. The maximum absolute atomic E-state index is 13.8. The molecule has 2 atom stereocenters. The zero-order chi connectivity index (χ0) is 29.2. The van der Waals surface area contributed by atoms with Gasteiger partial charge in [-0.25, -0.2) is 0 Å². The smallest absolute Gasteiger partial charge is 0.311 e. The topological polar surface area (TPSA) is 111 Å². The fraction of sp³-hybridized carbons (Fsp3) is 0.310. The van der Waals surface area contributed by atoms with Gasteiger partial charge in [-0.15, -0.1) is 0 Å². The molecule has 11 heteroatoms. The molecule has 2 amide bonds. The third-order valence-corrected chi connectivity index (χ3v) is 7.08. The summed E-state index contributed by atoms with van der Waals surface area (Å²) >= 11 is 12.9. The van der Waals surface area contributed by atoms with Crippen LogP contribution in [-0.2, 0) is 22.6 Å². The van der Waals surface area contributed by atoms with E-state index < -0.39 is 23.5 Å². The molecular formula is C29H31Cl2N3O6. The molecular weight excluding hydrogens is 557 g/mol. The molecule has 212 valence electrons. The van der Waals surface area contributed by atoms with Crippen LogP contribution in [0.4, 0.5) is 5.69 Å². The molecule has 0 saturated carbocycles. The number of carbonyl (C=O) groups excluding carboxylic acids is 2. The Morgan fingerprint density at radius 3 is 2.33 bits per heavy atom. The molecule has 0 radical (unpaired) electrons. The van der Waals surface area contributed by atoms with E-state index in [1.807, 2.05) is 44.2 Å². The van der Waals surface area contributed by atoms with Gasteiger partial charge in [-0.1, -0.05) is 66.5 Å². The first-order valence-corrected chi connectivity index (χ1v) is 13.4. The number of nitro groups is 1. The number of hydrogen-bond acceptors (Lipinski definition) is 6. The lowest BCUT2D eigenvalue weighted by Gasteiger charge is -2.32. The van der Waals surface area contributed by atoms with Gasteiger partial charge < -0.3 is 19.7 Å². The molecule has 40 heavy (non-hydrogen) atoms. The number of hydrogen-bond donors (Lipinski definition) is 1. The summed E-state index contributed by atoms with van der Waals surface area (Å²) in [6.45, 7) is 3.34. The van der Waals surface area contributed by atoms with Gasteiger partial charge in [-0.2, -0.15) is 0 Å². The number of nitro benzene ring substituents is 1. The predicted molar refractivity (Wildman–Crippen MR) is 154 cm³/mol. The van der Waals surface area contributed by atoms with Crippen LogP contribution >= 0.6 is 23.2 Å². The van der Waals surface area contributed by atoms with Gasteiger partial charge in [0.1, 0.15) is 11.8 Å². The summed E-state index contributed by atoms with van der Waals surface area (Å²) < 4.78 is 10.8. The first-order valence-electron chi connectivity index (χ1n) is 12.7. The van der Waals surface area contributed by atoms with Crippen molar-refractivity contribution in [3.8, 4) is 11.5 Å². The van der Waals surface area contributed by atoms with E-state index in [0.29, 0.717) is 22.0 Å². The van der Waals surface area contributed by atoms with Gasteiger partial charge in [0.2, 0.25) is 11.7 Å². The summed E-state index contributed by atoms with van der Waals surface area (Å²) in [5.41, 5.74) is 1.11. The molecule has 0 unspecified atom stereocenters. The molecule has 0 aromatic heterocycles. The van der Waals surface area contributed by atoms with E-state index in [9.17, 15) is 19.7 Å². The lowest BCUT2D eigenvalue weighted by Crippen LogP contribution is -2.53. The first kappa shape index (κ1) is 30.7. The Bertz CT molecular complexity index is 1320. The second kappa shape index (κ2) is 14.5. The summed E-state index contributed by atoms with van der Waals surface area (Å²) in [5.74, 6) is -0.653. The SMILES string of the molecule is CC[C@@H](C)NC(=O)[C@H](Cc1ccccc1)N(Cc1c(Cl)cccc1Cl)C(=O)COc1ccc([N+](=O)[O-])c(OC)c1. The second-order valence-electron chi connectivity index (χ2n) is 9.12. The van der Waals surface area contributed by atoms with Crippen LogP contribution in [0.1, 0.15) is 31.4 Å². The van der Waals surface area contributed by atoms with E-state index in [4.69, 9.17) is 32.7 Å². The number of carbonyl (C=O) groups is 2. The van der Waals surface area contributed by atoms with Crippen LogP contribution in [0.3, 0.4) is 0 Å². The molecule has 3 aromatic rings. The molecule has 9 nitrogen and oxygen atoms in total. The fourth-order valence-electron chi connectivity index (χ4n) is 3.98. The highest BCUT2D eigenvalue weighted by Gasteiger charge is 2.32. The van der Waals surface area contributed by atoms with Crippen LogP contribution in [0.25, 0.3) is 0 Å². The zero-order valence-electron chi connectivity index (χ0n) is 22.4. The number of benzene rings is 3. The Labute approximate surface area is 243 Å². The number of amides is 2. The average molecular weight is 588 g/mol. The van der Waals surface area contributed by atoms with Crippen LogP contribution in [0.2, 0.25) is 10.0 Å². The van der Waals surface area contributed by atoms with E-state index in [0.717, 1.165) is 5.56 Å². The van der Waals surface area contributed by atoms with Crippen LogP contribution in [-0.4, -0.2) is 47.4 Å². The lowest BCUT2D eigenvalue weighted by atomic mass is 10.0. The Kier molecular flexibility index (Phi) is 11.2. The van der Waals surface area contributed by atoms with Crippen LogP contribution in [0.5, 0.6) is 11.5 Å². The lowest BCUT2D eigenvalue weighted by molar-refractivity contribution is -0.385. The third-order valence-electron chi connectivity index (χ3n) is 6.37. The molecule has 0 spiro atoms. The number of nitrogens with one attached hydrogen (secondary N) is 1. The van der Waals surface area contributed by atoms with Gasteiger partial charge in [0, 0.05) is 46.7 Å². The maximum atomic E-state index is 13.8. The molecule has 0 fully saturated rings. The Morgan fingerprint density at radius 2 is 1.73 bits per heavy atom. The molecule has 0 heterocycles. The van der Waals surface area contributed by atoms with Crippen molar-refractivity contribution < 1.29 is 24.0 Å². The van der Waals surface area contributed by atoms with Crippen LogP contribution in [0, 0.1) is 10.1 Å². The quantitative estimate of drug-likeness (QED) is 0.198. The van der Waals surface area contributed by atoms with Gasteiger partial charge >= 0.3 is 5.69 Å². The van der Waals surface area contributed by atoms with Crippen molar-refractivity contribution in [2.45, 2.75) is 45.3 Å². The van der Waals surface area contributed by atoms with Crippen molar-refractivity contribution in [2.24, 2.45) is 0 Å². The molecule has 0 saturated heterocycles. The van der Waals surface area contributed by atoms with Crippen LogP contribution in [0.15, 0.2) is 66.7 Å². The van der Waals surface area contributed by atoms with E-state index >= 15 is 0 Å². The van der Waals surface area contributed by atoms with Crippen molar-refractivity contribution >= 4 is 40.7 Å². The molecule has 0 aliphatic rings. The number of ether oxygens (including phenoxy) is 2. The molecule has 0 bridgehead atoms. The van der Waals surface area contributed by atoms with Crippen molar-refractivity contribution in [2.75, 3.05) is 13.7 Å². The molecule has 3 rings (SSSR count). The second-order valence-corrected chi connectivity index (χ2v) is 9.94. The number of rotatable bonds is 13. The van der Waals surface area contributed by atoms with Crippen molar-refractivity contribution in [3.05, 3.63) is 98.0 Å². The normalized spacial score (nSPS) is 12.2. The van der Waals surface area contributed by atoms with Crippen molar-refractivity contribution in [1.82, 2.24) is 10.2 Å². The van der Waals surface area contributed by atoms with Crippen molar-refractivity contribution in [3.63, 3.8) is 0 Å². The first-order chi connectivity index (χ1) is 19.1. The number of nitrogens with zero attached hydrogens (tertiary/aromatic N) is 2. The Morgan fingerprint density at radius 1 is 1.05 bits per heavy atom. The minimum atomic E-state index is -0.911. The van der Waals surface area contributed by atoms with Gasteiger partial charge in [0.15, 0.2) is 6.61 Å². The van der Waals surface area contributed by atoms with E-state index in [1.165, 1.54) is 30.2 Å². The predicted octanol–water partition coefficient (Wildman–Crippen LogP) is 5.84. The Balaban J connectivity index is 1.97. The average Bonchev–Trinajstić information content (AvgIpc) is 2.95. The molecule has 0 aliphatic carbocycles. The monoisotopic (exact) mass is 587 g/mol. The van der Waals surface area contributed by atoms with Gasteiger partial charge in [0.25, 0.3) is 5.91 Å². The van der Waals surface area contributed by atoms with Crippen LogP contribution < -0.4 is 14.8 Å². The third kappa shape index (κ3) is 8.09. The van der Waals surface area contributed by atoms with E-state index in [2.05, 4.69) is 5.32 Å². The van der Waals surface area contributed by atoms with E-state index in [1.54, 1.807) is 18.2 Å². The summed E-state index contributed by atoms with van der Waals surface area (Å²) in [6, 6.07) is 17.3. The highest BCUT2D eigenvalue weighted by atomic mass is 35.5. The van der Waals surface area contributed by atoms with Gasteiger partial charge in [-0.05, 0) is 37.1 Å². The zero-order valence-corrected chi connectivity index (χ0v) is 23.9. The van der Waals surface area contributed by atoms with E-state index in [-0.39, 0.29) is 42.1 Å². The Hall–Kier alpha value is -3.82. The fourth-order valence-corrected chi connectivity index (χ4v) is 4.49. The highest BCUT2D eigenvalue weighted by Crippen LogP contribution is 2.31. The maximum Gasteiger partial charge on any atom is 0.311 e. The number of halogens is 2. The van der Waals surface area contributed by atoms with Crippen molar-refractivity contribution in [1.29, 1.82) is 0 Å². The summed E-state index contributed by atoms with van der Waals surface area (Å²) in [6.07, 6.45) is 0.946. The number of methoxy groups -OCH3 is 1. The highest BCUT2D eigenvalue weighted by molar-refractivity contribution is 6.36. The molecule has 1 N–H and O–H groups in total. The molecule has 0 aliphatic heterocycles. The summed E-state index contributed by atoms with van der Waals surface area (Å²) in [7, 11) is 1.30.